The van der Waals surface area contributed by atoms with E-state index in [1.165, 1.54) is 6.07 Å². The van der Waals surface area contributed by atoms with Gasteiger partial charge in [-0.3, -0.25) is 4.90 Å². The van der Waals surface area contributed by atoms with Crippen LogP contribution in [0, 0.1) is 12.7 Å². The summed E-state index contributed by atoms with van der Waals surface area (Å²) in [6, 6.07) is 14.9. The number of para-hydroxylation sites is 1. The number of aromatic nitrogens is 2. The Morgan fingerprint density at radius 2 is 1.69 bits per heavy atom. The lowest BCUT2D eigenvalue weighted by Crippen LogP contribution is -2.46. The first-order valence-electron chi connectivity index (χ1n) is 8.81. The number of nitrogens with zero attached hydrogens (tertiary/aromatic N) is 4. The van der Waals surface area contributed by atoms with Gasteiger partial charge in [0.15, 0.2) is 0 Å². The summed E-state index contributed by atoms with van der Waals surface area (Å²) < 4.78 is 19.8. The molecule has 2 aromatic carbocycles. The van der Waals surface area contributed by atoms with Crippen molar-refractivity contribution in [1.82, 2.24) is 15.1 Å². The molecule has 0 N–H and O–H groups in total. The highest BCUT2D eigenvalue weighted by Gasteiger charge is 2.21. The van der Waals surface area contributed by atoms with Crippen LogP contribution < -0.4 is 4.90 Å². The van der Waals surface area contributed by atoms with Crippen LogP contribution in [0.1, 0.15) is 11.5 Å². The van der Waals surface area contributed by atoms with Crippen LogP contribution in [-0.2, 0) is 6.54 Å². The Hall–Kier alpha value is -2.73. The summed E-state index contributed by atoms with van der Waals surface area (Å²) in [5.74, 6) is 1.01. The van der Waals surface area contributed by atoms with Gasteiger partial charge in [0.25, 0.3) is 0 Å². The molecule has 3 aromatic rings. The maximum atomic E-state index is 13.9. The molecule has 4 rings (SSSR count). The largest absolute Gasteiger partial charge is 0.419 e. The number of aryl methyl sites for hydroxylation is 1. The van der Waals surface area contributed by atoms with Crippen LogP contribution in [0.2, 0.25) is 0 Å². The van der Waals surface area contributed by atoms with Crippen LogP contribution in [-0.4, -0.2) is 41.3 Å². The molecular weight excluding hydrogens is 331 g/mol. The quantitative estimate of drug-likeness (QED) is 0.719. The molecule has 134 valence electrons. The number of rotatable bonds is 4. The van der Waals surface area contributed by atoms with Gasteiger partial charge >= 0.3 is 0 Å². The molecule has 0 spiro atoms. The highest BCUT2D eigenvalue weighted by Crippen LogP contribution is 2.23. The first-order valence-corrected chi connectivity index (χ1v) is 8.81. The van der Waals surface area contributed by atoms with E-state index in [4.69, 9.17) is 4.42 Å². The molecule has 0 aliphatic carbocycles. The van der Waals surface area contributed by atoms with Gasteiger partial charge in [-0.15, -0.1) is 10.2 Å². The minimum atomic E-state index is -0.166. The Labute approximate surface area is 152 Å². The molecule has 0 saturated carbocycles. The third kappa shape index (κ3) is 3.46. The fraction of sp³-hybridized carbons (Fsp3) is 0.300. The Balaban J connectivity index is 1.38. The summed E-state index contributed by atoms with van der Waals surface area (Å²) in [5.41, 5.74) is 2.75. The second-order valence-corrected chi connectivity index (χ2v) is 6.53. The van der Waals surface area contributed by atoms with Gasteiger partial charge < -0.3 is 9.32 Å². The second-order valence-electron chi connectivity index (χ2n) is 6.53. The second kappa shape index (κ2) is 7.25. The van der Waals surface area contributed by atoms with Crippen molar-refractivity contribution in [2.24, 2.45) is 0 Å². The monoisotopic (exact) mass is 352 g/mol. The molecule has 1 saturated heterocycles. The topological polar surface area (TPSA) is 45.4 Å². The third-order valence-electron chi connectivity index (χ3n) is 4.77. The van der Waals surface area contributed by atoms with Gasteiger partial charge in [-0.2, -0.15) is 0 Å². The van der Waals surface area contributed by atoms with Gasteiger partial charge in [-0.25, -0.2) is 4.39 Å². The van der Waals surface area contributed by atoms with Crippen molar-refractivity contribution >= 4 is 5.69 Å². The van der Waals surface area contributed by atoms with Gasteiger partial charge in [-0.1, -0.05) is 30.3 Å². The van der Waals surface area contributed by atoms with Crippen LogP contribution in [0.25, 0.3) is 11.5 Å². The zero-order valence-electron chi connectivity index (χ0n) is 14.7. The average Bonchev–Trinajstić information content (AvgIpc) is 3.11. The maximum absolute atomic E-state index is 13.9. The summed E-state index contributed by atoms with van der Waals surface area (Å²) in [5, 5.41) is 8.37. The summed E-state index contributed by atoms with van der Waals surface area (Å²) in [6.07, 6.45) is 0. The van der Waals surface area contributed by atoms with Gasteiger partial charge in [0.05, 0.1) is 12.2 Å². The van der Waals surface area contributed by atoms with Gasteiger partial charge in [0, 0.05) is 31.7 Å². The SMILES string of the molecule is Cc1ccccc1-c1nnc(CN2CCN(c3ccccc3F)CC2)o1. The maximum Gasteiger partial charge on any atom is 0.248 e. The molecule has 2 heterocycles. The van der Waals surface area contributed by atoms with E-state index in [1.54, 1.807) is 6.07 Å². The minimum Gasteiger partial charge on any atom is -0.419 e. The van der Waals surface area contributed by atoms with E-state index in [9.17, 15) is 4.39 Å². The molecule has 6 heteroatoms. The van der Waals surface area contributed by atoms with E-state index in [0.29, 0.717) is 24.0 Å². The molecule has 0 atom stereocenters. The standard InChI is InChI=1S/C20H21FN4O/c1-15-6-2-3-7-16(15)20-23-22-19(26-20)14-24-10-12-25(13-11-24)18-9-5-4-8-17(18)21/h2-9H,10-14H2,1H3. The first-order chi connectivity index (χ1) is 12.7. The molecule has 1 aliphatic heterocycles. The molecule has 1 aromatic heterocycles. The normalized spacial score (nSPS) is 15.4. The number of benzene rings is 2. The van der Waals surface area contributed by atoms with Crippen molar-refractivity contribution < 1.29 is 8.81 Å². The fourth-order valence-electron chi connectivity index (χ4n) is 3.29. The van der Waals surface area contributed by atoms with Crippen LogP contribution in [0.15, 0.2) is 52.9 Å². The van der Waals surface area contributed by atoms with Gasteiger partial charge in [0.1, 0.15) is 5.82 Å². The smallest absolute Gasteiger partial charge is 0.248 e. The van der Waals surface area contributed by atoms with E-state index < -0.39 is 0 Å². The molecule has 5 nitrogen and oxygen atoms in total. The van der Waals surface area contributed by atoms with E-state index >= 15 is 0 Å². The first kappa shape index (κ1) is 16.7. The molecule has 0 bridgehead atoms. The zero-order chi connectivity index (χ0) is 17.9. The average molecular weight is 352 g/mol. The van der Waals surface area contributed by atoms with E-state index in [-0.39, 0.29) is 5.82 Å². The van der Waals surface area contributed by atoms with Crippen molar-refractivity contribution in [3.63, 3.8) is 0 Å². The predicted octanol–water partition coefficient (Wildman–Crippen LogP) is 3.51. The lowest BCUT2D eigenvalue weighted by Gasteiger charge is -2.35. The van der Waals surface area contributed by atoms with Crippen LogP contribution in [0.4, 0.5) is 10.1 Å². The molecule has 1 fully saturated rings. The van der Waals surface area contributed by atoms with Crippen molar-refractivity contribution in [2.75, 3.05) is 31.1 Å². The Morgan fingerprint density at radius 1 is 0.962 bits per heavy atom. The molecule has 26 heavy (non-hydrogen) atoms. The lowest BCUT2D eigenvalue weighted by molar-refractivity contribution is 0.226. The van der Waals surface area contributed by atoms with Crippen molar-refractivity contribution in [1.29, 1.82) is 0 Å². The number of hydrogen-bond acceptors (Lipinski definition) is 5. The number of halogens is 1. The highest BCUT2D eigenvalue weighted by atomic mass is 19.1. The van der Waals surface area contributed by atoms with Crippen molar-refractivity contribution in [3.05, 3.63) is 65.8 Å². The molecule has 0 unspecified atom stereocenters. The summed E-state index contributed by atoms with van der Waals surface area (Å²) >= 11 is 0. The van der Waals surface area contributed by atoms with Crippen molar-refractivity contribution in [2.45, 2.75) is 13.5 Å². The van der Waals surface area contributed by atoms with E-state index in [2.05, 4.69) is 20.0 Å². The summed E-state index contributed by atoms with van der Waals surface area (Å²) in [6.45, 7) is 5.86. The Kier molecular flexibility index (Phi) is 4.67. The molecule has 1 aliphatic rings. The highest BCUT2D eigenvalue weighted by molar-refractivity contribution is 5.57. The third-order valence-corrected chi connectivity index (χ3v) is 4.77. The van der Waals surface area contributed by atoms with Crippen molar-refractivity contribution in [3.8, 4) is 11.5 Å². The van der Waals surface area contributed by atoms with Gasteiger partial charge in [-0.05, 0) is 30.7 Å². The minimum absolute atomic E-state index is 0.166. The zero-order valence-corrected chi connectivity index (χ0v) is 14.7. The number of hydrogen-bond donors (Lipinski definition) is 0. The lowest BCUT2D eigenvalue weighted by atomic mass is 10.1. The summed E-state index contributed by atoms with van der Waals surface area (Å²) in [7, 11) is 0. The van der Waals surface area contributed by atoms with E-state index in [0.717, 1.165) is 37.3 Å². The predicted molar refractivity (Wildman–Crippen MR) is 98.4 cm³/mol. The Bertz CT molecular complexity index is 887. The van der Waals surface area contributed by atoms with Crippen LogP contribution in [0.3, 0.4) is 0 Å². The van der Waals surface area contributed by atoms with Crippen LogP contribution >= 0.6 is 0 Å². The van der Waals surface area contributed by atoms with Crippen LogP contribution in [0.5, 0.6) is 0 Å². The number of piperazine rings is 1. The number of anilines is 1. The molecular formula is C20H21FN4O. The van der Waals surface area contributed by atoms with Gasteiger partial charge in [0.2, 0.25) is 11.8 Å². The summed E-state index contributed by atoms with van der Waals surface area (Å²) in [4.78, 5) is 4.34. The molecule has 0 radical (unpaired) electrons. The molecule has 0 amide bonds. The Morgan fingerprint density at radius 3 is 2.46 bits per heavy atom. The van der Waals surface area contributed by atoms with E-state index in [1.807, 2.05) is 43.3 Å². The fourth-order valence-corrected chi connectivity index (χ4v) is 3.29.